The zero-order valence-corrected chi connectivity index (χ0v) is 13.2. The lowest BCUT2D eigenvalue weighted by Gasteiger charge is -2.64. The van der Waals surface area contributed by atoms with E-state index in [1.54, 1.807) is 0 Å². The summed E-state index contributed by atoms with van der Waals surface area (Å²) in [5, 5.41) is 31.8. The summed E-state index contributed by atoms with van der Waals surface area (Å²) in [6, 6.07) is 0. The monoisotopic (exact) mass is 326 g/mol. The molecule has 3 heterocycles. The van der Waals surface area contributed by atoms with Crippen molar-refractivity contribution in [3.05, 3.63) is 0 Å². The summed E-state index contributed by atoms with van der Waals surface area (Å²) in [6.45, 7) is 3.48. The Bertz CT molecular complexity index is 624. The second kappa shape index (κ2) is 3.60. The van der Waals surface area contributed by atoms with Crippen molar-refractivity contribution in [3.63, 3.8) is 0 Å². The van der Waals surface area contributed by atoms with Crippen molar-refractivity contribution in [2.75, 3.05) is 19.8 Å². The maximum absolute atomic E-state index is 12.8. The minimum Gasteiger partial charge on any atom is -0.463 e. The fraction of sp³-hybridized carbons (Fsp3) is 0.938. The van der Waals surface area contributed by atoms with Gasteiger partial charge in [-0.3, -0.25) is 0 Å². The third-order valence-electron chi connectivity index (χ3n) is 7.93. The standard InChI is InChI=1S/C16H22O7/c1-12(5-17)4-9-14-6-21-11(19)16(12,14)22-7-15(20)10(23-9)8(18)3-13(14,15)2/h8-10,17-18,20H,3-7H2,1-2H3/t8-,9-,10-,12+,13-,14+,15+,16+/m1/s1. The van der Waals surface area contributed by atoms with Crippen LogP contribution in [0.25, 0.3) is 0 Å². The predicted octanol–water partition coefficient (Wildman–Crippen LogP) is -1.03. The Morgan fingerprint density at radius 3 is 2.70 bits per heavy atom. The molecule has 5 fully saturated rings. The third-order valence-corrected chi connectivity index (χ3v) is 7.93. The molecule has 0 radical (unpaired) electrons. The van der Waals surface area contributed by atoms with Crippen LogP contribution in [-0.4, -0.2) is 70.6 Å². The van der Waals surface area contributed by atoms with Gasteiger partial charge < -0.3 is 29.5 Å². The Morgan fingerprint density at radius 1 is 1.26 bits per heavy atom. The molecular weight excluding hydrogens is 304 g/mol. The molecule has 3 N–H and O–H groups in total. The molecule has 0 amide bonds. The van der Waals surface area contributed by atoms with E-state index in [1.165, 1.54) is 0 Å². The molecule has 7 heteroatoms. The van der Waals surface area contributed by atoms with Gasteiger partial charge in [-0.2, -0.15) is 0 Å². The van der Waals surface area contributed by atoms with Gasteiger partial charge in [0.25, 0.3) is 0 Å². The maximum Gasteiger partial charge on any atom is 0.339 e. The number of aliphatic hydroxyl groups is 3. The van der Waals surface area contributed by atoms with E-state index >= 15 is 0 Å². The quantitative estimate of drug-likeness (QED) is 0.529. The van der Waals surface area contributed by atoms with Gasteiger partial charge in [-0.25, -0.2) is 4.79 Å². The topological polar surface area (TPSA) is 105 Å². The lowest BCUT2D eigenvalue weighted by atomic mass is 9.47. The first-order valence-corrected chi connectivity index (χ1v) is 8.20. The summed E-state index contributed by atoms with van der Waals surface area (Å²) >= 11 is 0. The highest BCUT2D eigenvalue weighted by Crippen LogP contribution is 2.79. The Hall–Kier alpha value is -0.730. The fourth-order valence-corrected chi connectivity index (χ4v) is 6.74. The highest BCUT2D eigenvalue weighted by atomic mass is 16.6. The summed E-state index contributed by atoms with van der Waals surface area (Å²) in [5.41, 5.74) is -5.21. The van der Waals surface area contributed by atoms with E-state index in [1.807, 2.05) is 13.8 Å². The van der Waals surface area contributed by atoms with E-state index in [2.05, 4.69) is 0 Å². The number of esters is 1. The maximum atomic E-state index is 12.8. The molecule has 5 rings (SSSR count). The largest absolute Gasteiger partial charge is 0.463 e. The third kappa shape index (κ3) is 1.04. The average Bonchev–Trinajstić information content (AvgIpc) is 2.98. The normalized spacial score (nSPS) is 65.6. The van der Waals surface area contributed by atoms with Gasteiger partial charge in [0.2, 0.25) is 0 Å². The molecule has 2 aliphatic carbocycles. The van der Waals surface area contributed by atoms with Crippen LogP contribution in [-0.2, 0) is 19.0 Å². The number of aliphatic hydroxyl groups excluding tert-OH is 2. The Morgan fingerprint density at radius 2 is 2.00 bits per heavy atom. The van der Waals surface area contributed by atoms with E-state index in [9.17, 15) is 20.1 Å². The highest BCUT2D eigenvalue weighted by molar-refractivity contribution is 5.86. The van der Waals surface area contributed by atoms with Crippen molar-refractivity contribution in [3.8, 4) is 0 Å². The second-order valence-corrected chi connectivity index (χ2v) is 8.51. The zero-order chi connectivity index (χ0) is 16.5. The molecular formula is C16H22O7. The van der Waals surface area contributed by atoms with Crippen molar-refractivity contribution < 1.29 is 34.3 Å². The number of hydrogen-bond acceptors (Lipinski definition) is 7. The Labute approximate surface area is 133 Å². The van der Waals surface area contributed by atoms with E-state index in [0.29, 0.717) is 12.8 Å². The van der Waals surface area contributed by atoms with Gasteiger partial charge in [0, 0.05) is 10.8 Å². The van der Waals surface area contributed by atoms with Crippen molar-refractivity contribution in [2.45, 2.75) is 56.2 Å². The molecule has 23 heavy (non-hydrogen) atoms. The van der Waals surface area contributed by atoms with Crippen LogP contribution in [0.5, 0.6) is 0 Å². The van der Waals surface area contributed by atoms with Gasteiger partial charge in [0.1, 0.15) is 18.3 Å². The summed E-state index contributed by atoms with van der Waals surface area (Å²) < 4.78 is 17.7. The molecule has 2 saturated carbocycles. The number of ether oxygens (including phenoxy) is 3. The van der Waals surface area contributed by atoms with Crippen molar-refractivity contribution in [1.29, 1.82) is 0 Å². The van der Waals surface area contributed by atoms with Crippen LogP contribution in [0.15, 0.2) is 0 Å². The van der Waals surface area contributed by atoms with Crippen LogP contribution >= 0.6 is 0 Å². The first-order valence-electron chi connectivity index (χ1n) is 8.20. The molecule has 0 unspecified atom stereocenters. The lowest BCUT2D eigenvalue weighted by Crippen LogP contribution is -2.79. The van der Waals surface area contributed by atoms with Crippen LogP contribution in [0, 0.1) is 16.2 Å². The Balaban J connectivity index is 1.84. The lowest BCUT2D eigenvalue weighted by molar-refractivity contribution is -0.358. The van der Waals surface area contributed by atoms with Crippen LogP contribution in [0.2, 0.25) is 0 Å². The first kappa shape index (κ1) is 14.6. The molecule has 0 aromatic rings. The number of cyclic esters (lactones) is 1. The smallest absolute Gasteiger partial charge is 0.339 e. The van der Waals surface area contributed by atoms with Gasteiger partial charge in [0.05, 0.1) is 30.8 Å². The van der Waals surface area contributed by atoms with Crippen molar-refractivity contribution in [2.24, 2.45) is 16.2 Å². The average molecular weight is 326 g/mol. The first-order chi connectivity index (χ1) is 10.7. The van der Waals surface area contributed by atoms with Crippen LogP contribution < -0.4 is 0 Å². The minimum absolute atomic E-state index is 0.0876. The van der Waals surface area contributed by atoms with E-state index in [4.69, 9.17) is 14.2 Å². The van der Waals surface area contributed by atoms with Gasteiger partial charge in [-0.15, -0.1) is 0 Å². The minimum atomic E-state index is -1.36. The van der Waals surface area contributed by atoms with Gasteiger partial charge in [-0.1, -0.05) is 13.8 Å². The zero-order valence-electron chi connectivity index (χ0n) is 13.2. The molecule has 4 bridgehead atoms. The molecule has 1 spiro atoms. The summed E-state index contributed by atoms with van der Waals surface area (Å²) in [6.07, 6.45) is -1.18. The molecule has 3 aliphatic heterocycles. The van der Waals surface area contributed by atoms with E-state index < -0.39 is 51.7 Å². The molecule has 128 valence electrons. The van der Waals surface area contributed by atoms with Crippen LogP contribution in [0.1, 0.15) is 26.7 Å². The van der Waals surface area contributed by atoms with Crippen LogP contribution in [0.3, 0.4) is 0 Å². The number of hydrogen-bond donors (Lipinski definition) is 3. The number of carbonyl (C=O) groups excluding carboxylic acids is 1. The van der Waals surface area contributed by atoms with Crippen molar-refractivity contribution in [1.82, 2.24) is 0 Å². The van der Waals surface area contributed by atoms with Gasteiger partial charge in [-0.05, 0) is 12.8 Å². The van der Waals surface area contributed by atoms with Crippen molar-refractivity contribution >= 4 is 5.97 Å². The number of rotatable bonds is 1. The van der Waals surface area contributed by atoms with Crippen LogP contribution in [0.4, 0.5) is 0 Å². The van der Waals surface area contributed by atoms with Gasteiger partial charge >= 0.3 is 5.97 Å². The van der Waals surface area contributed by atoms with E-state index in [0.717, 1.165) is 0 Å². The molecule has 8 atom stereocenters. The molecule has 7 nitrogen and oxygen atoms in total. The molecule has 0 aromatic heterocycles. The molecule has 5 aliphatic rings. The second-order valence-electron chi connectivity index (χ2n) is 8.51. The molecule has 0 aromatic carbocycles. The predicted molar refractivity (Wildman–Crippen MR) is 74.2 cm³/mol. The fourth-order valence-electron chi connectivity index (χ4n) is 6.74. The summed E-state index contributed by atoms with van der Waals surface area (Å²) in [4.78, 5) is 12.8. The SMILES string of the molecule is C[C@@]1(CO)C[C@H]2O[C@@H]3[C@H](O)C[C@]4(C)[C@]25COC(=O)[C@]15OC[C@]34O. The highest BCUT2D eigenvalue weighted by Gasteiger charge is 2.92. The van der Waals surface area contributed by atoms with E-state index in [-0.39, 0.29) is 19.8 Å². The number of carbonyl (C=O) groups is 1. The summed E-state index contributed by atoms with van der Waals surface area (Å²) in [5.74, 6) is -0.483. The Kier molecular flexibility index (Phi) is 2.29. The summed E-state index contributed by atoms with van der Waals surface area (Å²) in [7, 11) is 0. The van der Waals surface area contributed by atoms with Gasteiger partial charge in [0.15, 0.2) is 5.60 Å². The molecule has 3 saturated heterocycles.